The predicted molar refractivity (Wildman–Crippen MR) is 301 cm³/mol. The Morgan fingerprint density at radius 2 is 0.986 bits per heavy atom. The third kappa shape index (κ3) is 6.50. The van der Waals surface area contributed by atoms with Gasteiger partial charge in [0, 0.05) is 62.8 Å². The first-order chi connectivity index (χ1) is 36.0. The maximum absolute atomic E-state index is 5.42. The van der Waals surface area contributed by atoms with Crippen LogP contribution in [0.3, 0.4) is 0 Å². The van der Waals surface area contributed by atoms with Crippen LogP contribution in [-0.4, -0.2) is 24.1 Å². The summed E-state index contributed by atoms with van der Waals surface area (Å²) in [7, 11) is 0. The molecule has 13 aromatic rings. The first-order valence-corrected chi connectivity index (χ1v) is 25.3. The molecule has 14 rings (SSSR count). The van der Waals surface area contributed by atoms with Crippen LogP contribution in [0.5, 0.6) is 0 Å². The highest BCUT2D eigenvalue weighted by Crippen LogP contribution is 2.48. The largest absolute Gasteiger partial charge is 0.307 e. The Morgan fingerprint density at radius 3 is 1.70 bits per heavy atom. The number of nitrogens with zero attached hydrogens (tertiary/aromatic N) is 6. The second kappa shape index (κ2) is 16.7. The van der Waals surface area contributed by atoms with Crippen molar-refractivity contribution in [2.24, 2.45) is 0 Å². The maximum Gasteiger partial charge on any atom is 0.238 e. The van der Waals surface area contributed by atoms with Crippen molar-refractivity contribution in [3.05, 3.63) is 237 Å². The number of aromatic nitrogens is 6. The van der Waals surface area contributed by atoms with Gasteiger partial charge in [0.15, 0.2) is 23.4 Å². The molecular weight excluding hydrogens is 889 g/mol. The Hall–Kier alpha value is -9.26. The summed E-state index contributed by atoms with van der Waals surface area (Å²) in [5.74, 6) is 1.76. The van der Waals surface area contributed by atoms with E-state index in [-0.39, 0.29) is 5.54 Å². The maximum atomic E-state index is 5.42. The van der Waals surface area contributed by atoms with Gasteiger partial charge in [0.1, 0.15) is 0 Å². The molecule has 0 saturated heterocycles. The fraction of sp³-hybridized carbons (Fsp3) is 0.0746. The normalized spacial score (nSPS) is 13.0. The molecule has 0 atom stereocenters. The van der Waals surface area contributed by atoms with Crippen LogP contribution in [0.2, 0.25) is 0 Å². The van der Waals surface area contributed by atoms with Gasteiger partial charge < -0.3 is 4.57 Å². The van der Waals surface area contributed by atoms with E-state index < -0.39 is 0 Å². The summed E-state index contributed by atoms with van der Waals surface area (Å²) in [6.45, 7) is 9.43. The number of hydrogen-bond acceptors (Lipinski definition) is 3. The lowest BCUT2D eigenvalue weighted by atomic mass is 9.74. The summed E-state index contributed by atoms with van der Waals surface area (Å²) in [4.78, 5) is 16.0. The van der Waals surface area contributed by atoms with Crippen LogP contribution in [-0.2, 0) is 5.54 Å². The van der Waals surface area contributed by atoms with Crippen molar-refractivity contribution >= 4 is 60.0 Å². The Kier molecular flexibility index (Phi) is 9.73. The monoisotopic (exact) mass is 937 g/mol. The van der Waals surface area contributed by atoms with E-state index in [1.54, 1.807) is 0 Å². The van der Waals surface area contributed by atoms with Gasteiger partial charge in [-0.15, -0.1) is 0 Å². The molecule has 73 heavy (non-hydrogen) atoms. The lowest BCUT2D eigenvalue weighted by Crippen LogP contribution is -2.59. The predicted octanol–water partition coefficient (Wildman–Crippen LogP) is 16.4. The first-order valence-electron chi connectivity index (χ1n) is 25.3. The minimum absolute atomic E-state index is 0.221. The Labute approximate surface area is 423 Å². The molecule has 346 valence electrons. The van der Waals surface area contributed by atoms with Gasteiger partial charge in [-0.2, -0.15) is 14.5 Å². The average Bonchev–Trinajstić information content (AvgIpc) is 3.98. The molecule has 9 aromatic carbocycles. The summed E-state index contributed by atoms with van der Waals surface area (Å²) >= 11 is 0. The molecule has 0 saturated carbocycles. The van der Waals surface area contributed by atoms with Crippen molar-refractivity contribution in [3.8, 4) is 67.9 Å². The zero-order valence-electron chi connectivity index (χ0n) is 40.7. The van der Waals surface area contributed by atoms with E-state index in [0.29, 0.717) is 17.6 Å². The second-order valence-electron chi connectivity index (χ2n) is 19.3. The zero-order valence-corrected chi connectivity index (χ0v) is 40.7. The lowest BCUT2D eigenvalue weighted by molar-refractivity contribution is -0.740. The minimum atomic E-state index is -0.221. The second-order valence-corrected chi connectivity index (χ2v) is 19.3. The number of rotatable bonds is 8. The molecule has 0 spiro atoms. The highest BCUT2D eigenvalue weighted by atomic mass is 15.2. The minimum Gasteiger partial charge on any atom is -0.307 e. The number of fused-ring (bicyclic) bond motifs is 12. The molecule has 0 amide bonds. The standard InChI is InChI=1S/C67H49N6/c1-4-67(5-2)43(3)52-34-32-49(42-58(52)61-53-29-16-15-22-45(53)38-39-71(61)67)50-33-37-60-57(41-50)56-36-35-55-54-30-17-18-31-59(54)72(51-28-19-27-48(40-51)44-20-9-6-10-21-44)62(55)63(56)73(60)66-69-64(46-23-11-7-12-24-46)68-65(70-66)47-25-13-8-14-26-47/h6-42H,3-5H2,1-2H3/q+1. The fourth-order valence-corrected chi connectivity index (χ4v) is 12.0. The van der Waals surface area contributed by atoms with Gasteiger partial charge in [-0.05, 0) is 75.7 Å². The molecule has 0 radical (unpaired) electrons. The van der Waals surface area contributed by atoms with Crippen molar-refractivity contribution in [3.63, 3.8) is 0 Å². The third-order valence-electron chi connectivity index (χ3n) is 15.6. The van der Waals surface area contributed by atoms with E-state index in [1.165, 1.54) is 44.1 Å². The molecule has 1 aliphatic heterocycles. The molecule has 4 aromatic heterocycles. The molecule has 0 bridgehead atoms. The van der Waals surface area contributed by atoms with Crippen molar-refractivity contribution in [2.45, 2.75) is 32.2 Å². The van der Waals surface area contributed by atoms with E-state index in [0.717, 1.165) is 84.6 Å². The summed E-state index contributed by atoms with van der Waals surface area (Å²) in [5, 5.41) is 7.00. The zero-order chi connectivity index (χ0) is 48.8. The van der Waals surface area contributed by atoms with E-state index in [9.17, 15) is 0 Å². The van der Waals surface area contributed by atoms with Crippen LogP contribution in [0.1, 0.15) is 32.3 Å². The van der Waals surface area contributed by atoms with Gasteiger partial charge in [0.2, 0.25) is 11.6 Å². The van der Waals surface area contributed by atoms with Crippen LogP contribution in [0.4, 0.5) is 0 Å². The number of pyridine rings is 1. The molecule has 5 heterocycles. The van der Waals surface area contributed by atoms with Crippen LogP contribution >= 0.6 is 0 Å². The number of para-hydroxylation sites is 1. The lowest BCUT2D eigenvalue weighted by Gasteiger charge is -2.35. The van der Waals surface area contributed by atoms with Crippen molar-refractivity contribution in [1.29, 1.82) is 0 Å². The van der Waals surface area contributed by atoms with Crippen molar-refractivity contribution < 1.29 is 4.57 Å². The topological polar surface area (TPSA) is 52.4 Å². The Balaban J connectivity index is 1.07. The van der Waals surface area contributed by atoms with E-state index in [4.69, 9.17) is 21.5 Å². The Morgan fingerprint density at radius 1 is 0.425 bits per heavy atom. The summed E-state index contributed by atoms with van der Waals surface area (Å²) in [6, 6.07) is 78.3. The van der Waals surface area contributed by atoms with Gasteiger partial charge in [0.25, 0.3) is 0 Å². The summed E-state index contributed by atoms with van der Waals surface area (Å²) in [5.41, 5.74) is 16.3. The number of benzene rings is 9. The highest BCUT2D eigenvalue weighted by Gasteiger charge is 2.47. The number of hydrogen-bond donors (Lipinski definition) is 0. The molecule has 0 N–H and O–H groups in total. The molecule has 0 aliphatic carbocycles. The first kappa shape index (κ1) is 42.6. The van der Waals surface area contributed by atoms with Gasteiger partial charge in [-0.3, -0.25) is 4.57 Å². The van der Waals surface area contributed by atoms with Crippen LogP contribution in [0, 0.1) is 0 Å². The summed E-state index contributed by atoms with van der Waals surface area (Å²) in [6.07, 6.45) is 4.19. The Bertz CT molecular complexity index is 4300. The highest BCUT2D eigenvalue weighted by molar-refractivity contribution is 6.24. The third-order valence-corrected chi connectivity index (χ3v) is 15.6. The van der Waals surface area contributed by atoms with Crippen LogP contribution < -0.4 is 4.57 Å². The van der Waals surface area contributed by atoms with Gasteiger partial charge in [0.05, 0.1) is 33.0 Å². The van der Waals surface area contributed by atoms with Crippen molar-refractivity contribution in [2.75, 3.05) is 0 Å². The van der Waals surface area contributed by atoms with Crippen LogP contribution in [0.15, 0.2) is 231 Å². The molecule has 0 fully saturated rings. The van der Waals surface area contributed by atoms with Crippen LogP contribution in [0.25, 0.3) is 128 Å². The quantitative estimate of drug-likeness (QED) is 0.143. The molecule has 1 aliphatic rings. The molecule has 6 nitrogen and oxygen atoms in total. The number of allylic oxidation sites excluding steroid dienone is 1. The van der Waals surface area contributed by atoms with E-state index in [2.05, 4.69) is 216 Å². The smallest absolute Gasteiger partial charge is 0.238 e. The van der Waals surface area contributed by atoms with Crippen molar-refractivity contribution in [1.82, 2.24) is 24.1 Å². The average molecular weight is 938 g/mol. The molecule has 6 heteroatoms. The van der Waals surface area contributed by atoms with E-state index in [1.807, 2.05) is 36.4 Å². The van der Waals surface area contributed by atoms with Gasteiger partial charge in [-0.25, -0.2) is 4.98 Å². The van der Waals surface area contributed by atoms with Gasteiger partial charge in [-0.1, -0.05) is 190 Å². The van der Waals surface area contributed by atoms with Gasteiger partial charge >= 0.3 is 0 Å². The fourth-order valence-electron chi connectivity index (χ4n) is 12.0. The summed E-state index contributed by atoms with van der Waals surface area (Å²) < 4.78 is 7.25. The van der Waals surface area contributed by atoms with E-state index >= 15 is 0 Å². The molecular formula is C67H49N6+. The molecule has 0 unspecified atom stereocenters. The SMILES string of the molecule is C=C1c2ccc(-c3ccc4c(c3)c3ccc5c6ccccc6n(-c6cccc(-c7ccccc7)c6)c5c3n4-c3nc(-c4ccccc4)nc(-c4ccccc4)n3)cc2-c2c3ccccc3cc[n+]2C1(CC)CC.